The number of carbonyl (C=O) groups excluding carboxylic acids is 7. The van der Waals surface area contributed by atoms with Gasteiger partial charge in [0.05, 0.1) is 41.3 Å². The van der Waals surface area contributed by atoms with Crippen molar-refractivity contribution in [2.24, 2.45) is 22.2 Å². The Bertz CT molecular complexity index is 4040. The Morgan fingerprint density at radius 1 is 0.796 bits per heavy atom. The predicted molar refractivity (Wildman–Crippen MR) is 371 cm³/mol. The van der Waals surface area contributed by atoms with Gasteiger partial charge in [0.1, 0.15) is 24.5 Å². The number of benzene rings is 3. The van der Waals surface area contributed by atoms with Crippen LogP contribution in [-0.4, -0.2) is 147 Å². The van der Waals surface area contributed by atoms with Crippen LogP contribution < -0.4 is 36.4 Å². The number of carboxylic acids is 1. The molecule has 0 spiro atoms. The monoisotopic (exact) mass is 1360 g/mol. The first-order valence-electron chi connectivity index (χ1n) is 34.1. The molecule has 4 aliphatic carbocycles. The first-order valence-corrected chi connectivity index (χ1v) is 34.9. The zero-order chi connectivity index (χ0) is 69.3. The van der Waals surface area contributed by atoms with E-state index < -0.39 is 36.0 Å². The molecule has 25 heteroatoms. The number of ether oxygens (including phenoxy) is 3. The van der Waals surface area contributed by atoms with Crippen molar-refractivity contribution in [1.29, 1.82) is 0 Å². The van der Waals surface area contributed by atoms with Crippen LogP contribution in [0.3, 0.4) is 0 Å². The summed E-state index contributed by atoms with van der Waals surface area (Å²) in [4.78, 5) is 119. The van der Waals surface area contributed by atoms with Crippen LogP contribution in [0.25, 0.3) is 21.3 Å². The maximum atomic E-state index is 14.7. The van der Waals surface area contributed by atoms with Crippen LogP contribution in [-0.2, 0) is 64.3 Å². The van der Waals surface area contributed by atoms with Crippen LogP contribution in [0.5, 0.6) is 0 Å². The van der Waals surface area contributed by atoms with E-state index in [-0.39, 0.29) is 89.2 Å². The van der Waals surface area contributed by atoms with E-state index in [1.807, 2.05) is 54.3 Å². The number of carboxylic acid groups (broad SMARTS) is 1. The fraction of sp³-hybridized carbons (Fsp3) is 0.493. The van der Waals surface area contributed by atoms with E-state index in [4.69, 9.17) is 29.3 Å². The average Bonchev–Trinajstić information content (AvgIpc) is 0.720. The largest absolute Gasteiger partial charge is 0.476 e. The fourth-order valence-electron chi connectivity index (χ4n) is 16.9. The lowest BCUT2D eigenvalue weighted by Gasteiger charge is -2.69. The van der Waals surface area contributed by atoms with Gasteiger partial charge in [0, 0.05) is 98.7 Å². The second-order valence-electron chi connectivity index (χ2n) is 29.0. The molecule has 6 heterocycles. The molecule has 6 aromatic rings. The smallest absolute Gasteiger partial charge is 0.407 e. The van der Waals surface area contributed by atoms with Gasteiger partial charge in [0.2, 0.25) is 17.7 Å². The number of pyridine rings is 1. The number of methoxy groups -OCH3 is 1. The number of fused-ring (bicyclic) bond motifs is 2. The van der Waals surface area contributed by atoms with E-state index in [0.717, 1.165) is 75.3 Å². The Morgan fingerprint density at radius 2 is 1.55 bits per heavy atom. The van der Waals surface area contributed by atoms with Crippen molar-refractivity contribution in [3.63, 3.8) is 0 Å². The minimum atomic E-state index is -1.15. The third kappa shape index (κ3) is 15.3. The standard InChI is InChI=1S/C73H88N12O12S/c1-44(2)62(80-59(86)15-9-8-12-26-84-60(87)22-23-61(84)88)66(91)75-45(3)64(89)76-49-18-16-47(17-19-49)36-96-69(94)77-50-25-28-82(34-50)51-31-48-24-27-83(35-55(48)53(32-51)65(90)81-68-78-56-13-10-11-14-57(56)98-68)58-21-20-52(63(79-58)67(92)93)54-33-74-85(46(54)4)43-72-38-70(5)37-71(6,39-72)41-73(40-70,42-72)97-30-29-95-7/h10-11,13-14,16-23,31-33,44-45,50,62H,8-9,12,15,24-30,34-43H2,1-7H3,(H,75,91)(H,76,89)(H,77,94)(H,80,86)(H,92,93)(H,78,81,90)/t45-,50-,62-,70?,71?,72?,73?/m0/s1. The molecule has 518 valence electrons. The quantitative estimate of drug-likeness (QED) is 0.0206. The Hall–Kier alpha value is -9.07. The number of unbranched alkanes of at least 4 members (excludes halogenated alkanes) is 2. The Morgan fingerprint density at radius 3 is 2.28 bits per heavy atom. The summed E-state index contributed by atoms with van der Waals surface area (Å²) < 4.78 is 20.8. The number of alkyl carbamates (subject to hydrolysis) is 1. The topological polar surface area (TPSA) is 298 Å². The Balaban J connectivity index is 0.658. The van der Waals surface area contributed by atoms with Gasteiger partial charge in [0.25, 0.3) is 17.7 Å². The van der Waals surface area contributed by atoms with Crippen LogP contribution in [0.2, 0.25) is 0 Å². The first-order chi connectivity index (χ1) is 46.9. The molecule has 4 bridgehead atoms. The second kappa shape index (κ2) is 28.4. The van der Waals surface area contributed by atoms with E-state index in [1.54, 1.807) is 58.3 Å². The van der Waals surface area contributed by atoms with Crippen molar-refractivity contribution < 1.29 is 57.7 Å². The number of imide groups is 1. The first kappa shape index (κ1) is 68.9. The molecule has 7 aliphatic rings. The molecule has 2 unspecified atom stereocenters. The normalized spacial score (nSPS) is 22.9. The number of nitrogens with zero attached hydrogens (tertiary/aromatic N) is 7. The van der Waals surface area contributed by atoms with Crippen molar-refractivity contribution >= 4 is 91.4 Å². The summed E-state index contributed by atoms with van der Waals surface area (Å²) in [6, 6.07) is 20.0. The van der Waals surface area contributed by atoms with Gasteiger partial charge in [-0.1, -0.05) is 69.7 Å². The van der Waals surface area contributed by atoms with Gasteiger partial charge < -0.3 is 50.4 Å². The summed E-state index contributed by atoms with van der Waals surface area (Å²) in [6.45, 7) is 15.9. The average molecular weight is 1360 g/mol. The van der Waals surface area contributed by atoms with Crippen molar-refractivity contribution in [3.05, 3.63) is 125 Å². The number of para-hydroxylation sites is 1. The lowest BCUT2D eigenvalue weighted by Crippen LogP contribution is -2.64. The molecule has 5 atom stereocenters. The molecule has 13 rings (SSSR count). The molecule has 3 aromatic heterocycles. The number of anilines is 4. The number of carbonyl (C=O) groups is 8. The van der Waals surface area contributed by atoms with E-state index in [9.17, 15) is 43.5 Å². The summed E-state index contributed by atoms with van der Waals surface area (Å²) in [5, 5.41) is 30.6. The van der Waals surface area contributed by atoms with Gasteiger partial charge in [-0.25, -0.2) is 19.6 Å². The van der Waals surface area contributed by atoms with Crippen molar-refractivity contribution in [2.45, 2.75) is 162 Å². The van der Waals surface area contributed by atoms with Gasteiger partial charge in [-0.3, -0.25) is 43.7 Å². The number of hydrogen-bond donors (Lipinski definition) is 6. The van der Waals surface area contributed by atoms with Gasteiger partial charge in [-0.15, -0.1) is 0 Å². The SMILES string of the molecule is COCCOC12CC3(C)CC(C)(CC(Cn4ncc(-c5ccc(N6CCc7cc(N8CC[C@H](NC(=O)OCc9ccc(NC(=O)[C@H](C)NC(=O)[C@@H](NC(=O)CCCCCN%10C(=O)C=CC%10=O)C(C)C)cc9)C8)cc(C(=O)Nc8nc9ccccc9s8)c7C6)nc5C(=O)O)c4C)(C3)C1)C2. The van der Waals surface area contributed by atoms with Crippen LogP contribution >= 0.6 is 11.3 Å². The summed E-state index contributed by atoms with van der Waals surface area (Å²) in [6.07, 6.45) is 13.0. The minimum Gasteiger partial charge on any atom is -0.476 e. The number of aromatic nitrogens is 4. The fourth-order valence-corrected chi connectivity index (χ4v) is 17.8. The highest BCUT2D eigenvalue weighted by Gasteiger charge is 2.66. The van der Waals surface area contributed by atoms with Gasteiger partial charge in [-0.2, -0.15) is 5.10 Å². The molecular weight excluding hydrogens is 1270 g/mol. The highest BCUT2D eigenvalue weighted by atomic mass is 32.1. The van der Waals surface area contributed by atoms with Crippen molar-refractivity contribution in [3.8, 4) is 11.1 Å². The second-order valence-corrected chi connectivity index (χ2v) is 30.0. The van der Waals surface area contributed by atoms with Crippen LogP contribution in [0.1, 0.15) is 148 Å². The number of hydrogen-bond acceptors (Lipinski definition) is 17. The summed E-state index contributed by atoms with van der Waals surface area (Å²) in [5.74, 6) is -3.29. The molecule has 6 N–H and O–H groups in total. The lowest BCUT2D eigenvalue weighted by atomic mass is 9.39. The van der Waals surface area contributed by atoms with E-state index in [0.29, 0.717) is 105 Å². The van der Waals surface area contributed by atoms with Crippen LogP contribution in [0, 0.1) is 29.1 Å². The van der Waals surface area contributed by atoms with E-state index in [2.05, 4.69) is 56.1 Å². The number of nitrogens with one attached hydrogen (secondary N) is 5. The van der Waals surface area contributed by atoms with Crippen molar-refractivity contribution in [2.75, 3.05) is 66.9 Å². The highest BCUT2D eigenvalue weighted by molar-refractivity contribution is 7.22. The molecule has 4 saturated carbocycles. The van der Waals surface area contributed by atoms with E-state index in [1.165, 1.54) is 29.9 Å². The molecule has 1 saturated heterocycles. The number of amides is 7. The minimum absolute atomic E-state index is 0.0207. The molecule has 3 aliphatic heterocycles. The Labute approximate surface area is 574 Å². The molecule has 24 nitrogen and oxygen atoms in total. The van der Waals surface area contributed by atoms with E-state index >= 15 is 0 Å². The van der Waals surface area contributed by atoms with Gasteiger partial charge in [-0.05, 0) is 165 Å². The zero-order valence-electron chi connectivity index (χ0n) is 56.8. The number of rotatable bonds is 27. The maximum Gasteiger partial charge on any atom is 0.407 e. The molecule has 5 fully saturated rings. The van der Waals surface area contributed by atoms with Crippen LogP contribution in [0.15, 0.2) is 91.1 Å². The Kier molecular flexibility index (Phi) is 20.0. The van der Waals surface area contributed by atoms with Gasteiger partial charge >= 0.3 is 12.1 Å². The van der Waals surface area contributed by atoms with Crippen molar-refractivity contribution in [1.82, 2.24) is 40.6 Å². The number of aromatic carboxylic acids is 1. The maximum absolute atomic E-state index is 14.7. The summed E-state index contributed by atoms with van der Waals surface area (Å²) in [7, 11) is 1.71. The highest BCUT2D eigenvalue weighted by Crippen LogP contribution is 2.72. The van der Waals surface area contributed by atoms with Gasteiger partial charge in [0.15, 0.2) is 10.8 Å². The lowest BCUT2D eigenvalue weighted by molar-refractivity contribution is -0.250. The summed E-state index contributed by atoms with van der Waals surface area (Å²) in [5.41, 5.74) is 7.02. The zero-order valence-corrected chi connectivity index (χ0v) is 57.6. The third-order valence-corrected chi connectivity index (χ3v) is 21.3. The molecule has 7 amide bonds. The molecule has 98 heavy (non-hydrogen) atoms. The number of thiazole rings is 1. The molecule has 0 radical (unpaired) electrons. The third-order valence-electron chi connectivity index (χ3n) is 20.4. The molecule has 3 aromatic carbocycles. The summed E-state index contributed by atoms with van der Waals surface area (Å²) >= 11 is 1.38. The van der Waals surface area contributed by atoms with Crippen LogP contribution in [0.4, 0.5) is 27.1 Å². The molecular formula is C73H88N12O12S. The predicted octanol–water partition coefficient (Wildman–Crippen LogP) is 9.73.